The molecule has 0 spiro atoms. The predicted molar refractivity (Wildman–Crippen MR) is 142 cm³/mol. The smallest absolute Gasteiger partial charge is 0.264 e. The molecule has 2 N–H and O–H groups in total. The Hall–Kier alpha value is -4.67. The zero-order valence-electron chi connectivity index (χ0n) is 21.7. The van der Waals surface area contributed by atoms with E-state index in [0.717, 1.165) is 12.8 Å². The number of benzene rings is 1. The van der Waals surface area contributed by atoms with Crippen molar-refractivity contribution in [2.75, 3.05) is 14.2 Å². The summed E-state index contributed by atoms with van der Waals surface area (Å²) in [6.45, 7) is 7.45. The normalized spacial score (nSPS) is 11.3. The molecule has 3 aromatic heterocycles. The summed E-state index contributed by atoms with van der Waals surface area (Å²) in [6.07, 6.45) is 5.78. The van der Waals surface area contributed by atoms with Crippen molar-refractivity contribution < 1.29 is 23.5 Å². The molecule has 0 saturated heterocycles. The first-order valence-corrected chi connectivity index (χ1v) is 12.1. The summed E-state index contributed by atoms with van der Waals surface area (Å²) < 4.78 is 22.3. The first-order valence-electron chi connectivity index (χ1n) is 12.1. The molecule has 11 nitrogen and oxygen atoms in total. The third kappa shape index (κ3) is 4.95. The molecular weight excluding hydrogens is 490 g/mol. The number of aromatic amines is 1. The van der Waals surface area contributed by atoms with Gasteiger partial charge >= 0.3 is 0 Å². The van der Waals surface area contributed by atoms with E-state index in [1.54, 1.807) is 30.4 Å². The molecule has 3 heterocycles. The molecule has 0 atom stereocenters. The molecule has 0 aliphatic carbocycles. The van der Waals surface area contributed by atoms with Crippen molar-refractivity contribution in [1.82, 2.24) is 20.3 Å². The van der Waals surface area contributed by atoms with Crippen LogP contribution in [0.4, 0.5) is 5.69 Å². The number of rotatable bonds is 11. The van der Waals surface area contributed by atoms with Crippen LogP contribution in [0.2, 0.25) is 0 Å². The van der Waals surface area contributed by atoms with Crippen LogP contribution < -0.4 is 15.0 Å². The minimum Gasteiger partial charge on any atom is -0.506 e. The molecule has 0 unspecified atom stereocenters. The van der Waals surface area contributed by atoms with Crippen LogP contribution in [0.15, 0.2) is 43.0 Å². The summed E-state index contributed by atoms with van der Waals surface area (Å²) >= 11 is 0. The van der Waals surface area contributed by atoms with Crippen molar-refractivity contribution in [3.63, 3.8) is 0 Å². The largest absolute Gasteiger partial charge is 0.506 e. The predicted octanol–water partition coefficient (Wildman–Crippen LogP) is 5.10. The quantitative estimate of drug-likeness (QED) is 0.258. The highest BCUT2D eigenvalue weighted by Gasteiger charge is 2.28. The average molecular weight is 520 g/mol. The molecule has 198 valence electrons. The van der Waals surface area contributed by atoms with Gasteiger partial charge in [0.15, 0.2) is 5.76 Å². The average Bonchev–Trinajstić information content (AvgIpc) is 3.53. The summed E-state index contributed by atoms with van der Waals surface area (Å²) in [7, 11) is 3.05. The number of aryl methyl sites for hydroxylation is 1. The van der Waals surface area contributed by atoms with Gasteiger partial charge < -0.3 is 28.5 Å². The molecular formula is C27H29N5O6. The van der Waals surface area contributed by atoms with E-state index in [1.165, 1.54) is 14.2 Å². The third-order valence-electron chi connectivity index (χ3n) is 5.96. The Morgan fingerprint density at radius 1 is 1.16 bits per heavy atom. The molecule has 38 heavy (non-hydrogen) atoms. The number of hydrogen-bond donors (Lipinski definition) is 2. The molecule has 11 heteroatoms. The van der Waals surface area contributed by atoms with Crippen LogP contribution >= 0.6 is 0 Å². The van der Waals surface area contributed by atoms with Crippen molar-refractivity contribution in [2.24, 2.45) is 4.99 Å². The van der Waals surface area contributed by atoms with Crippen molar-refractivity contribution >= 4 is 18.5 Å². The van der Waals surface area contributed by atoms with Gasteiger partial charge in [-0.2, -0.15) is 0 Å². The minimum absolute atomic E-state index is 0.0862. The second kappa shape index (κ2) is 11.6. The lowest BCUT2D eigenvalue weighted by Gasteiger charge is -2.18. The van der Waals surface area contributed by atoms with Gasteiger partial charge in [-0.25, -0.2) is 0 Å². The van der Waals surface area contributed by atoms with E-state index in [0.29, 0.717) is 51.9 Å². The lowest BCUT2D eigenvalue weighted by atomic mass is 9.96. The van der Waals surface area contributed by atoms with Gasteiger partial charge in [0.05, 0.1) is 31.8 Å². The standard InChI is InChI=1S/C27H29N5O6/c1-6-8-11-15-21(22-17(35-4)12-9-13-18(22)36-5)25(33)23(26(34)29-15)27-31-30-20(37-27)14-16-24(28-3)19(10-7-2)38-32-16/h7,9-10,12-13H,3,6,8,11,14H2,1-2,4-5H3,(H2,29,33,34)/b10-7-. The Kier molecular flexibility index (Phi) is 8.05. The lowest BCUT2D eigenvalue weighted by Crippen LogP contribution is -2.14. The van der Waals surface area contributed by atoms with Crippen molar-refractivity contribution in [1.29, 1.82) is 0 Å². The fraction of sp³-hybridized carbons (Fsp3) is 0.296. The summed E-state index contributed by atoms with van der Waals surface area (Å²) in [6, 6.07) is 5.28. The monoisotopic (exact) mass is 519 g/mol. The Morgan fingerprint density at radius 2 is 1.89 bits per heavy atom. The number of hydrogen-bond acceptors (Lipinski definition) is 10. The van der Waals surface area contributed by atoms with Crippen LogP contribution in [-0.2, 0) is 12.8 Å². The van der Waals surface area contributed by atoms with Crippen molar-refractivity contribution in [2.45, 2.75) is 39.5 Å². The van der Waals surface area contributed by atoms with Crippen LogP contribution in [-0.4, -0.2) is 46.4 Å². The Bertz CT molecular complexity index is 1510. The number of H-pyrrole nitrogens is 1. The first-order chi connectivity index (χ1) is 18.5. The number of aliphatic imine (C=N–C) groups is 1. The maximum atomic E-state index is 13.2. The number of unbranched alkanes of at least 4 members (excludes halogenated alkanes) is 1. The van der Waals surface area contributed by atoms with E-state index in [9.17, 15) is 9.90 Å². The van der Waals surface area contributed by atoms with Gasteiger partial charge in [0, 0.05) is 5.69 Å². The highest BCUT2D eigenvalue weighted by atomic mass is 16.5. The zero-order chi connectivity index (χ0) is 27.2. The van der Waals surface area contributed by atoms with Crippen LogP contribution in [0.1, 0.15) is 49.7 Å². The number of aromatic hydroxyl groups is 1. The summed E-state index contributed by atoms with van der Waals surface area (Å²) in [5, 5.41) is 23.6. The van der Waals surface area contributed by atoms with Crippen molar-refractivity contribution in [3.8, 4) is 39.8 Å². The van der Waals surface area contributed by atoms with Gasteiger partial charge in [0.2, 0.25) is 5.89 Å². The second-order valence-corrected chi connectivity index (χ2v) is 8.35. The van der Waals surface area contributed by atoms with Gasteiger partial charge in [-0.15, -0.1) is 10.2 Å². The van der Waals surface area contributed by atoms with Crippen LogP contribution in [0.5, 0.6) is 17.2 Å². The van der Waals surface area contributed by atoms with E-state index in [4.69, 9.17) is 18.4 Å². The highest BCUT2D eigenvalue weighted by molar-refractivity contribution is 5.87. The maximum absolute atomic E-state index is 13.2. The number of aromatic nitrogens is 4. The number of methoxy groups -OCH3 is 2. The van der Waals surface area contributed by atoms with Gasteiger partial charge in [0.25, 0.3) is 11.4 Å². The molecule has 0 fully saturated rings. The number of nitrogens with one attached hydrogen (secondary N) is 1. The summed E-state index contributed by atoms with van der Waals surface area (Å²) in [5.41, 5.74) is 1.58. The number of nitrogens with zero attached hydrogens (tertiary/aromatic N) is 4. The lowest BCUT2D eigenvalue weighted by molar-refractivity contribution is 0.396. The fourth-order valence-corrected chi connectivity index (χ4v) is 4.19. The molecule has 0 bridgehead atoms. The molecule has 0 aliphatic heterocycles. The molecule has 4 aromatic rings. The summed E-state index contributed by atoms with van der Waals surface area (Å²) in [4.78, 5) is 20.1. The maximum Gasteiger partial charge on any atom is 0.264 e. The van der Waals surface area contributed by atoms with Crippen LogP contribution in [0.3, 0.4) is 0 Å². The second-order valence-electron chi connectivity index (χ2n) is 8.35. The zero-order valence-corrected chi connectivity index (χ0v) is 21.7. The van der Waals surface area contributed by atoms with E-state index in [-0.39, 0.29) is 29.5 Å². The van der Waals surface area contributed by atoms with Crippen LogP contribution in [0.25, 0.3) is 28.7 Å². The van der Waals surface area contributed by atoms with Crippen LogP contribution in [0, 0.1) is 0 Å². The first kappa shape index (κ1) is 26.4. The molecule has 0 radical (unpaired) electrons. The Labute approximate surface area is 218 Å². The number of allylic oxidation sites excluding steroid dienone is 1. The molecule has 0 saturated carbocycles. The Balaban J connectivity index is 1.84. The number of ether oxygens (including phenoxy) is 2. The summed E-state index contributed by atoms with van der Waals surface area (Å²) in [5.74, 6) is 1.06. The van der Waals surface area contributed by atoms with E-state index in [1.807, 2.05) is 13.8 Å². The minimum atomic E-state index is -0.563. The van der Waals surface area contributed by atoms with E-state index >= 15 is 0 Å². The Morgan fingerprint density at radius 3 is 2.53 bits per heavy atom. The molecule has 1 aromatic carbocycles. The fourth-order valence-electron chi connectivity index (χ4n) is 4.19. The highest BCUT2D eigenvalue weighted by Crippen LogP contribution is 2.46. The van der Waals surface area contributed by atoms with Gasteiger partial charge in [0.1, 0.15) is 34.2 Å². The van der Waals surface area contributed by atoms with Gasteiger partial charge in [-0.1, -0.05) is 30.6 Å². The van der Waals surface area contributed by atoms with E-state index < -0.39 is 5.56 Å². The SMILES string of the molecule is C=Nc1c(Cc2nnc(-c3c(O)c(-c4c(OC)cccc4OC)c(CCCC)[nH]c3=O)o2)noc1/C=C\C. The molecule has 4 rings (SSSR count). The topological polar surface area (TPSA) is 149 Å². The number of pyridine rings is 1. The van der Waals surface area contributed by atoms with Gasteiger partial charge in [-0.05, 0) is 44.7 Å². The molecule has 0 aliphatic rings. The molecule has 0 amide bonds. The van der Waals surface area contributed by atoms with Gasteiger partial charge in [-0.3, -0.25) is 9.79 Å². The third-order valence-corrected chi connectivity index (χ3v) is 5.96. The van der Waals surface area contributed by atoms with E-state index in [2.05, 4.69) is 32.0 Å². The van der Waals surface area contributed by atoms with Crippen molar-refractivity contribution in [3.05, 3.63) is 57.7 Å².